The van der Waals surface area contributed by atoms with Crippen molar-refractivity contribution in [3.05, 3.63) is 34.9 Å². The van der Waals surface area contributed by atoms with Gasteiger partial charge in [0.15, 0.2) is 5.78 Å². The third kappa shape index (κ3) is 3.47. The largest absolute Gasteiger partial charge is 0.462 e. The molecule has 0 bridgehead atoms. The fourth-order valence-corrected chi connectivity index (χ4v) is 1.84. The molecule has 0 heterocycles. The van der Waals surface area contributed by atoms with Crippen LogP contribution in [0.4, 0.5) is 0 Å². The summed E-state index contributed by atoms with van der Waals surface area (Å²) in [4.78, 5) is 23.4. The number of alkyl halides is 2. The molecule has 0 spiro atoms. The topological polar surface area (TPSA) is 43.4 Å². The second-order valence-corrected chi connectivity index (χ2v) is 4.63. The van der Waals surface area contributed by atoms with Crippen LogP contribution in [-0.4, -0.2) is 23.7 Å². The van der Waals surface area contributed by atoms with Gasteiger partial charge in [0.05, 0.1) is 17.5 Å². The van der Waals surface area contributed by atoms with Crippen LogP contribution in [0.25, 0.3) is 0 Å². The van der Waals surface area contributed by atoms with Crippen molar-refractivity contribution in [2.75, 3.05) is 6.61 Å². The molecule has 18 heavy (non-hydrogen) atoms. The smallest absolute Gasteiger partial charge is 0.338 e. The van der Waals surface area contributed by atoms with Gasteiger partial charge in [0.25, 0.3) is 0 Å². The molecule has 0 saturated carbocycles. The number of ketones is 1. The maximum atomic E-state index is 11.8. The SMILES string of the molecule is CCOC(=O)c1ccc(C(=O)C(C)Cl)c(CCl)c1. The van der Waals surface area contributed by atoms with Crippen LogP contribution in [0.15, 0.2) is 18.2 Å². The number of carbonyl (C=O) groups is 2. The van der Waals surface area contributed by atoms with Crippen LogP contribution < -0.4 is 0 Å². The lowest BCUT2D eigenvalue weighted by Crippen LogP contribution is -2.14. The van der Waals surface area contributed by atoms with Crippen molar-refractivity contribution in [2.24, 2.45) is 0 Å². The molecule has 5 heteroatoms. The Balaban J connectivity index is 3.11. The molecule has 0 radical (unpaired) electrons. The van der Waals surface area contributed by atoms with Gasteiger partial charge in [-0.25, -0.2) is 4.79 Å². The highest BCUT2D eigenvalue weighted by molar-refractivity contribution is 6.34. The van der Waals surface area contributed by atoms with Crippen LogP contribution in [0.1, 0.15) is 40.1 Å². The second kappa shape index (κ2) is 6.76. The van der Waals surface area contributed by atoms with Gasteiger partial charge in [-0.05, 0) is 31.5 Å². The fourth-order valence-electron chi connectivity index (χ4n) is 1.50. The number of halogens is 2. The monoisotopic (exact) mass is 288 g/mol. The highest BCUT2D eigenvalue weighted by Crippen LogP contribution is 2.18. The molecule has 1 aromatic carbocycles. The molecule has 0 aliphatic rings. The minimum atomic E-state index is -0.625. The minimum Gasteiger partial charge on any atom is -0.462 e. The Hall–Kier alpha value is -1.06. The fraction of sp³-hybridized carbons (Fsp3) is 0.385. The van der Waals surface area contributed by atoms with Gasteiger partial charge in [0.2, 0.25) is 0 Å². The number of benzene rings is 1. The van der Waals surface area contributed by atoms with Gasteiger partial charge in [0, 0.05) is 11.4 Å². The van der Waals surface area contributed by atoms with Crippen LogP contribution in [0.2, 0.25) is 0 Å². The number of hydrogen-bond acceptors (Lipinski definition) is 3. The van der Waals surface area contributed by atoms with Crippen LogP contribution in [0, 0.1) is 0 Å². The highest BCUT2D eigenvalue weighted by atomic mass is 35.5. The molecule has 0 amide bonds. The summed E-state index contributed by atoms with van der Waals surface area (Å²) in [5, 5.41) is -0.625. The minimum absolute atomic E-state index is 0.137. The highest BCUT2D eigenvalue weighted by Gasteiger charge is 2.18. The summed E-state index contributed by atoms with van der Waals surface area (Å²) in [6.07, 6.45) is 0. The van der Waals surface area contributed by atoms with E-state index in [1.54, 1.807) is 32.0 Å². The number of carbonyl (C=O) groups excluding carboxylic acids is 2. The summed E-state index contributed by atoms with van der Waals surface area (Å²) in [7, 11) is 0. The van der Waals surface area contributed by atoms with E-state index in [4.69, 9.17) is 27.9 Å². The lowest BCUT2D eigenvalue weighted by Gasteiger charge is -2.09. The van der Waals surface area contributed by atoms with Gasteiger partial charge in [-0.1, -0.05) is 6.07 Å². The Morgan fingerprint density at radius 2 is 2.06 bits per heavy atom. The van der Waals surface area contributed by atoms with Crippen molar-refractivity contribution in [3.63, 3.8) is 0 Å². The second-order valence-electron chi connectivity index (χ2n) is 3.71. The number of Topliss-reactive ketones (excluding diaryl/α,β-unsaturated/α-hetero) is 1. The van der Waals surface area contributed by atoms with Gasteiger partial charge in [-0.3, -0.25) is 4.79 Å². The number of esters is 1. The van der Waals surface area contributed by atoms with Crippen molar-refractivity contribution >= 4 is 35.0 Å². The zero-order valence-corrected chi connectivity index (χ0v) is 11.7. The molecule has 0 aromatic heterocycles. The lowest BCUT2D eigenvalue weighted by molar-refractivity contribution is 0.0526. The summed E-state index contributed by atoms with van der Waals surface area (Å²) >= 11 is 11.5. The molecule has 1 aromatic rings. The van der Waals surface area contributed by atoms with E-state index in [0.717, 1.165) is 0 Å². The lowest BCUT2D eigenvalue weighted by atomic mass is 10.0. The summed E-state index contributed by atoms with van der Waals surface area (Å²) in [6.45, 7) is 3.63. The Kier molecular flexibility index (Phi) is 5.63. The molecule has 98 valence electrons. The van der Waals surface area contributed by atoms with E-state index >= 15 is 0 Å². The summed E-state index contributed by atoms with van der Waals surface area (Å²) in [6, 6.07) is 4.67. The third-order valence-electron chi connectivity index (χ3n) is 2.39. The molecule has 0 saturated heterocycles. The summed E-state index contributed by atoms with van der Waals surface area (Å²) < 4.78 is 4.88. The van der Waals surface area contributed by atoms with Crippen LogP contribution in [0.5, 0.6) is 0 Å². The van der Waals surface area contributed by atoms with Crippen LogP contribution in [0.3, 0.4) is 0 Å². The predicted molar refractivity (Wildman–Crippen MR) is 71.6 cm³/mol. The zero-order valence-electron chi connectivity index (χ0n) is 10.2. The van der Waals surface area contributed by atoms with Gasteiger partial charge in [-0.15, -0.1) is 23.2 Å². The van der Waals surface area contributed by atoms with E-state index in [0.29, 0.717) is 23.3 Å². The quantitative estimate of drug-likeness (QED) is 0.474. The van der Waals surface area contributed by atoms with E-state index in [9.17, 15) is 9.59 Å². The number of hydrogen-bond donors (Lipinski definition) is 0. The van der Waals surface area contributed by atoms with Gasteiger partial charge in [0.1, 0.15) is 0 Å². The van der Waals surface area contributed by atoms with Gasteiger partial charge < -0.3 is 4.74 Å². The summed E-state index contributed by atoms with van der Waals surface area (Å²) in [5.74, 6) is -0.498. The van der Waals surface area contributed by atoms with Crippen molar-refractivity contribution in [2.45, 2.75) is 25.1 Å². The van der Waals surface area contributed by atoms with E-state index < -0.39 is 11.3 Å². The predicted octanol–water partition coefficient (Wildman–Crippen LogP) is 3.41. The molecule has 0 fully saturated rings. The van der Waals surface area contributed by atoms with E-state index in [2.05, 4.69) is 0 Å². The first-order valence-corrected chi connectivity index (χ1v) is 6.52. The zero-order chi connectivity index (χ0) is 13.7. The first kappa shape index (κ1) is 15.0. The number of ether oxygens (including phenoxy) is 1. The molecule has 0 aliphatic carbocycles. The molecule has 1 rings (SSSR count). The van der Waals surface area contributed by atoms with E-state index in [1.807, 2.05) is 0 Å². The molecule has 3 nitrogen and oxygen atoms in total. The first-order valence-electron chi connectivity index (χ1n) is 5.55. The Morgan fingerprint density at radius 3 is 2.56 bits per heavy atom. The Labute approximate surface area is 116 Å². The molecule has 0 N–H and O–H groups in total. The summed E-state index contributed by atoms with van der Waals surface area (Å²) in [5.41, 5.74) is 1.41. The standard InChI is InChI=1S/C13H14Cl2O3/c1-3-18-13(17)9-4-5-11(10(6-9)7-14)12(16)8(2)15/h4-6,8H,3,7H2,1-2H3. The average Bonchev–Trinajstić information content (AvgIpc) is 2.37. The Morgan fingerprint density at radius 1 is 1.39 bits per heavy atom. The molecule has 0 aliphatic heterocycles. The average molecular weight is 289 g/mol. The van der Waals surface area contributed by atoms with E-state index in [-0.39, 0.29) is 11.7 Å². The normalized spacial score (nSPS) is 12.0. The van der Waals surface area contributed by atoms with Crippen LogP contribution in [-0.2, 0) is 10.6 Å². The number of rotatable bonds is 5. The molecular weight excluding hydrogens is 275 g/mol. The molecular formula is C13H14Cl2O3. The maximum absolute atomic E-state index is 11.8. The van der Waals surface area contributed by atoms with Crippen molar-refractivity contribution in [3.8, 4) is 0 Å². The Bertz CT molecular complexity index is 456. The first-order chi connectivity index (χ1) is 8.51. The van der Waals surface area contributed by atoms with Crippen LogP contribution >= 0.6 is 23.2 Å². The van der Waals surface area contributed by atoms with E-state index in [1.165, 1.54) is 0 Å². The maximum Gasteiger partial charge on any atom is 0.338 e. The van der Waals surface area contributed by atoms with Gasteiger partial charge >= 0.3 is 5.97 Å². The van der Waals surface area contributed by atoms with Crippen molar-refractivity contribution < 1.29 is 14.3 Å². The van der Waals surface area contributed by atoms with Crippen molar-refractivity contribution in [1.82, 2.24) is 0 Å². The van der Waals surface area contributed by atoms with Gasteiger partial charge in [-0.2, -0.15) is 0 Å². The molecule has 1 atom stereocenters. The molecule has 1 unspecified atom stereocenters. The third-order valence-corrected chi connectivity index (χ3v) is 2.87. The van der Waals surface area contributed by atoms with Crippen molar-refractivity contribution in [1.29, 1.82) is 0 Å².